The number of rotatable bonds is 5. The highest BCUT2D eigenvalue weighted by Gasteiger charge is 2.49. The van der Waals surface area contributed by atoms with Crippen molar-refractivity contribution in [3.8, 4) is 5.75 Å². The van der Waals surface area contributed by atoms with Gasteiger partial charge >= 0.3 is 0 Å². The highest BCUT2D eigenvalue weighted by molar-refractivity contribution is 6.23. The Labute approximate surface area is 167 Å². The van der Waals surface area contributed by atoms with E-state index in [1.807, 2.05) is 13.0 Å². The van der Waals surface area contributed by atoms with Crippen LogP contribution in [0.4, 0.5) is 10.1 Å². The smallest absolute Gasteiger partial charge is 0.238 e. The maximum Gasteiger partial charge on any atom is 0.238 e. The zero-order valence-corrected chi connectivity index (χ0v) is 15.9. The van der Waals surface area contributed by atoms with E-state index in [-0.39, 0.29) is 41.8 Å². The minimum atomic E-state index is -0.426. The molecule has 2 aliphatic rings. The van der Waals surface area contributed by atoms with Gasteiger partial charge in [-0.2, -0.15) is 0 Å². The molecule has 1 aliphatic heterocycles. The molecular weight excluding hydrogens is 373 g/mol. The van der Waals surface area contributed by atoms with E-state index in [0.29, 0.717) is 24.1 Å². The number of halogens is 1. The van der Waals surface area contributed by atoms with E-state index in [2.05, 4.69) is 0 Å². The van der Waals surface area contributed by atoms with Gasteiger partial charge in [0.2, 0.25) is 11.8 Å². The van der Waals surface area contributed by atoms with Crippen LogP contribution in [0.25, 0.3) is 0 Å². The fraction of sp³-hybridized carbons (Fsp3) is 0.261. The molecule has 0 bridgehead atoms. The van der Waals surface area contributed by atoms with Crippen LogP contribution in [0, 0.1) is 17.7 Å². The number of carbonyl (C=O) groups is 3. The fourth-order valence-electron chi connectivity index (χ4n) is 3.90. The maximum absolute atomic E-state index is 13.0. The molecule has 2 aromatic carbocycles. The van der Waals surface area contributed by atoms with Crippen molar-refractivity contribution < 1.29 is 23.5 Å². The lowest BCUT2D eigenvalue weighted by atomic mass is 9.82. The molecule has 0 aromatic heterocycles. The summed E-state index contributed by atoms with van der Waals surface area (Å²) in [5.74, 6) is -1.62. The second kappa shape index (κ2) is 7.62. The standard InChI is InChI=1S/C23H20FNO4/c1-14-6-11-17-18(12-14)23(28)25(22(17)27)19-4-2-3-5-21(19)29-13-20(26)15-7-9-16(24)10-8-15/h2-10,17-18H,11-13H2,1H3. The van der Waals surface area contributed by atoms with Gasteiger partial charge in [-0.1, -0.05) is 23.8 Å². The zero-order valence-electron chi connectivity index (χ0n) is 15.9. The topological polar surface area (TPSA) is 63.7 Å². The van der Waals surface area contributed by atoms with E-state index < -0.39 is 5.82 Å². The molecule has 1 aliphatic carbocycles. The number of allylic oxidation sites excluding steroid dienone is 2. The molecule has 2 aromatic rings. The summed E-state index contributed by atoms with van der Waals surface area (Å²) in [6, 6.07) is 11.9. The predicted molar refractivity (Wildman–Crippen MR) is 105 cm³/mol. The summed E-state index contributed by atoms with van der Waals surface area (Å²) < 4.78 is 18.7. The molecule has 4 rings (SSSR count). The Hall–Kier alpha value is -3.28. The van der Waals surface area contributed by atoms with E-state index in [4.69, 9.17) is 4.74 Å². The summed E-state index contributed by atoms with van der Waals surface area (Å²) in [7, 11) is 0. The van der Waals surface area contributed by atoms with Crippen LogP contribution in [0.2, 0.25) is 0 Å². The summed E-state index contributed by atoms with van der Waals surface area (Å²) in [5, 5.41) is 0. The summed E-state index contributed by atoms with van der Waals surface area (Å²) in [5.41, 5.74) is 1.79. The molecule has 6 heteroatoms. The third-order valence-corrected chi connectivity index (χ3v) is 5.45. The van der Waals surface area contributed by atoms with Crippen molar-refractivity contribution in [2.24, 2.45) is 11.8 Å². The van der Waals surface area contributed by atoms with Crippen LogP contribution in [0.3, 0.4) is 0 Å². The summed E-state index contributed by atoms with van der Waals surface area (Å²) in [6.07, 6.45) is 3.15. The second-order valence-electron chi connectivity index (χ2n) is 7.40. The van der Waals surface area contributed by atoms with Gasteiger partial charge in [-0.3, -0.25) is 14.4 Å². The number of hydrogen-bond acceptors (Lipinski definition) is 4. The van der Waals surface area contributed by atoms with Gasteiger partial charge in [0.25, 0.3) is 0 Å². The van der Waals surface area contributed by atoms with Crippen molar-refractivity contribution in [1.29, 1.82) is 0 Å². The molecule has 1 heterocycles. The molecule has 1 fully saturated rings. The van der Waals surface area contributed by atoms with Crippen molar-refractivity contribution in [1.82, 2.24) is 0 Å². The summed E-state index contributed by atoms with van der Waals surface area (Å²) in [6.45, 7) is 1.68. The number of carbonyl (C=O) groups excluding carboxylic acids is 3. The van der Waals surface area contributed by atoms with Gasteiger partial charge < -0.3 is 4.74 Å². The van der Waals surface area contributed by atoms with Crippen molar-refractivity contribution >= 4 is 23.3 Å². The average molecular weight is 393 g/mol. The van der Waals surface area contributed by atoms with E-state index >= 15 is 0 Å². The van der Waals surface area contributed by atoms with Gasteiger partial charge in [0, 0.05) is 5.56 Å². The third-order valence-electron chi connectivity index (χ3n) is 5.45. The van der Waals surface area contributed by atoms with Gasteiger partial charge in [-0.05, 0) is 56.2 Å². The van der Waals surface area contributed by atoms with Crippen LogP contribution in [-0.2, 0) is 9.59 Å². The number of ketones is 1. The zero-order chi connectivity index (χ0) is 20.5. The molecule has 5 nitrogen and oxygen atoms in total. The molecule has 0 N–H and O–H groups in total. The Morgan fingerprint density at radius 3 is 2.52 bits per heavy atom. The lowest BCUT2D eigenvalue weighted by Crippen LogP contribution is -2.31. The van der Waals surface area contributed by atoms with Gasteiger partial charge in [-0.15, -0.1) is 0 Å². The van der Waals surface area contributed by atoms with Crippen molar-refractivity contribution in [3.63, 3.8) is 0 Å². The molecule has 0 saturated carbocycles. The van der Waals surface area contributed by atoms with Gasteiger partial charge in [0.1, 0.15) is 11.6 Å². The van der Waals surface area contributed by atoms with E-state index in [9.17, 15) is 18.8 Å². The number of imide groups is 1. The number of hydrogen-bond donors (Lipinski definition) is 0. The first-order valence-corrected chi connectivity index (χ1v) is 9.49. The molecule has 0 spiro atoms. The number of benzene rings is 2. The summed E-state index contributed by atoms with van der Waals surface area (Å²) in [4.78, 5) is 39.4. The molecule has 148 valence electrons. The summed E-state index contributed by atoms with van der Waals surface area (Å²) >= 11 is 0. The third kappa shape index (κ3) is 3.58. The first-order valence-electron chi connectivity index (χ1n) is 9.49. The Bertz CT molecular complexity index is 1010. The van der Waals surface area contributed by atoms with Crippen LogP contribution in [0.5, 0.6) is 5.75 Å². The molecule has 2 atom stereocenters. The number of fused-ring (bicyclic) bond motifs is 1. The largest absolute Gasteiger partial charge is 0.483 e. The number of para-hydroxylation sites is 2. The highest BCUT2D eigenvalue weighted by atomic mass is 19.1. The van der Waals surface area contributed by atoms with E-state index in [0.717, 1.165) is 5.57 Å². The normalized spacial score (nSPS) is 21.0. The minimum absolute atomic E-state index is 0.228. The van der Waals surface area contributed by atoms with Crippen molar-refractivity contribution in [2.75, 3.05) is 11.5 Å². The number of ether oxygens (including phenoxy) is 1. The van der Waals surface area contributed by atoms with Crippen LogP contribution in [0.1, 0.15) is 30.1 Å². The second-order valence-corrected chi connectivity index (χ2v) is 7.40. The minimum Gasteiger partial charge on any atom is -0.483 e. The van der Waals surface area contributed by atoms with Gasteiger partial charge in [0.05, 0.1) is 17.5 Å². The Balaban J connectivity index is 1.54. The van der Waals surface area contributed by atoms with Crippen molar-refractivity contribution in [3.05, 3.63) is 71.6 Å². The van der Waals surface area contributed by atoms with E-state index in [1.54, 1.807) is 24.3 Å². The lowest BCUT2D eigenvalue weighted by molar-refractivity contribution is -0.122. The molecule has 29 heavy (non-hydrogen) atoms. The molecule has 2 amide bonds. The van der Waals surface area contributed by atoms with Crippen LogP contribution < -0.4 is 9.64 Å². The highest BCUT2D eigenvalue weighted by Crippen LogP contribution is 2.42. The number of anilines is 1. The number of amides is 2. The number of Topliss-reactive ketones (excluding diaryl/α,β-unsaturated/α-hetero) is 1. The molecule has 1 saturated heterocycles. The first kappa shape index (κ1) is 19.1. The molecule has 2 unspecified atom stereocenters. The van der Waals surface area contributed by atoms with Crippen LogP contribution in [0.15, 0.2) is 60.2 Å². The lowest BCUT2D eigenvalue weighted by Gasteiger charge is -2.19. The predicted octanol–water partition coefficient (Wildman–Crippen LogP) is 3.93. The van der Waals surface area contributed by atoms with E-state index in [1.165, 1.54) is 29.2 Å². The Kier molecular flexibility index (Phi) is 5.01. The molecule has 0 radical (unpaired) electrons. The molecular formula is C23H20FNO4. The quantitative estimate of drug-likeness (QED) is 0.439. The van der Waals surface area contributed by atoms with Gasteiger partial charge in [-0.25, -0.2) is 9.29 Å². The average Bonchev–Trinajstić information content (AvgIpc) is 2.96. The first-order chi connectivity index (χ1) is 14.0. The maximum atomic E-state index is 13.0. The van der Waals surface area contributed by atoms with Crippen LogP contribution in [-0.4, -0.2) is 24.2 Å². The monoisotopic (exact) mass is 393 g/mol. The Morgan fingerprint density at radius 2 is 1.76 bits per heavy atom. The van der Waals surface area contributed by atoms with Gasteiger partial charge in [0.15, 0.2) is 12.4 Å². The number of nitrogens with zero attached hydrogens (tertiary/aromatic N) is 1. The van der Waals surface area contributed by atoms with Crippen LogP contribution >= 0.6 is 0 Å². The van der Waals surface area contributed by atoms with Crippen molar-refractivity contribution in [2.45, 2.75) is 19.8 Å². The SMILES string of the molecule is CC1=CCC2C(=O)N(c3ccccc3OCC(=O)c3ccc(F)cc3)C(=O)C2C1. The Morgan fingerprint density at radius 1 is 1.07 bits per heavy atom. The fourth-order valence-corrected chi connectivity index (χ4v) is 3.90.